The van der Waals surface area contributed by atoms with Gasteiger partial charge in [-0.1, -0.05) is 12.1 Å². The molecule has 0 bridgehead atoms. The van der Waals surface area contributed by atoms with Crippen LogP contribution in [-0.4, -0.2) is 59.2 Å². The summed E-state index contributed by atoms with van der Waals surface area (Å²) in [6.45, 7) is 3.45. The van der Waals surface area contributed by atoms with E-state index >= 15 is 0 Å². The molecule has 1 unspecified atom stereocenters. The van der Waals surface area contributed by atoms with E-state index in [1.807, 2.05) is 29.8 Å². The van der Waals surface area contributed by atoms with Crippen LogP contribution in [0.1, 0.15) is 24.7 Å². The van der Waals surface area contributed by atoms with Crippen molar-refractivity contribution in [2.75, 3.05) is 36.4 Å². The fourth-order valence-corrected chi connectivity index (χ4v) is 4.62. The molecule has 196 valence electrons. The largest absolute Gasteiger partial charge is 0.465 e. The molecule has 0 aliphatic rings. The number of benzene rings is 2. The summed E-state index contributed by atoms with van der Waals surface area (Å²) in [5.41, 5.74) is 10.0. The number of alkyl halides is 2. The molecule has 36 heavy (non-hydrogen) atoms. The molecule has 0 saturated carbocycles. The molecule has 10 heteroatoms. The molecule has 0 amide bonds. The zero-order valence-corrected chi connectivity index (χ0v) is 22.2. The molecule has 0 aliphatic heterocycles. The second-order valence-corrected chi connectivity index (χ2v) is 9.33. The molecule has 0 fully saturated rings. The second kappa shape index (κ2) is 13.8. The summed E-state index contributed by atoms with van der Waals surface area (Å²) in [6, 6.07) is 11.7. The van der Waals surface area contributed by atoms with Crippen molar-refractivity contribution in [2.24, 2.45) is 12.8 Å². The molecular weight excluding hydrogens is 504 g/mol. The molecule has 3 N–H and O–H groups in total. The predicted octanol–water partition coefficient (Wildman–Crippen LogP) is 3.98. The van der Waals surface area contributed by atoms with Crippen molar-refractivity contribution in [1.29, 1.82) is 0 Å². The van der Waals surface area contributed by atoms with E-state index < -0.39 is 12.2 Å². The maximum atomic E-state index is 13.2. The summed E-state index contributed by atoms with van der Waals surface area (Å²) < 4.78 is 20.5. The van der Waals surface area contributed by atoms with E-state index in [1.54, 1.807) is 19.1 Å². The van der Waals surface area contributed by atoms with Gasteiger partial charge in [0.15, 0.2) is 0 Å². The Morgan fingerprint density at radius 3 is 2.53 bits per heavy atom. The summed E-state index contributed by atoms with van der Waals surface area (Å²) in [4.78, 5) is 19.6. The summed E-state index contributed by atoms with van der Waals surface area (Å²) in [7, 11) is 1.96. The van der Waals surface area contributed by atoms with Crippen LogP contribution in [0, 0.1) is 5.82 Å². The van der Waals surface area contributed by atoms with Crippen LogP contribution in [0.25, 0.3) is 11.0 Å². The Bertz CT molecular complexity index is 1120. The first-order valence-corrected chi connectivity index (χ1v) is 13.2. The molecule has 0 spiro atoms. The number of nitrogens with one attached hydrogen (secondary N) is 1. The van der Waals surface area contributed by atoms with Gasteiger partial charge in [-0.2, -0.15) is 0 Å². The van der Waals surface area contributed by atoms with Gasteiger partial charge in [0.05, 0.1) is 23.8 Å². The lowest BCUT2D eigenvalue weighted by Gasteiger charge is -2.22. The highest BCUT2D eigenvalue weighted by atomic mass is 35.5. The summed E-state index contributed by atoms with van der Waals surface area (Å²) in [5.74, 6) is 1.21. The second-order valence-electron chi connectivity index (χ2n) is 8.57. The van der Waals surface area contributed by atoms with Crippen molar-refractivity contribution in [3.63, 3.8) is 0 Å². The standard InChI is InChI=1S/C26H34Cl2FN5O2/c1-3-36-26(35)21(31-24(30)16-18-4-6-19(29)7-5-18)9-11-25-32-22-17-20(8-10-23(22)33(25)2)34(14-12-27)15-13-28/h4-8,10,17,21,24,31H,3,9,11-16,30H2,1-2H3/t21-,24?/m0/s1. The predicted molar refractivity (Wildman–Crippen MR) is 144 cm³/mol. The lowest BCUT2D eigenvalue weighted by Crippen LogP contribution is -2.49. The van der Waals surface area contributed by atoms with Gasteiger partial charge in [-0.15, -0.1) is 23.2 Å². The minimum atomic E-state index is -0.598. The zero-order chi connectivity index (χ0) is 26.1. The van der Waals surface area contributed by atoms with Gasteiger partial charge in [0, 0.05) is 50.4 Å². The van der Waals surface area contributed by atoms with E-state index in [0.717, 1.165) is 28.1 Å². The average molecular weight is 538 g/mol. The number of nitrogens with zero attached hydrogens (tertiary/aromatic N) is 3. The van der Waals surface area contributed by atoms with E-state index in [-0.39, 0.29) is 18.4 Å². The molecule has 3 rings (SSSR count). The van der Waals surface area contributed by atoms with Crippen LogP contribution in [0.3, 0.4) is 0 Å². The number of carbonyl (C=O) groups excluding carboxylic acids is 1. The number of imidazole rings is 1. The van der Waals surface area contributed by atoms with Gasteiger partial charge < -0.3 is 19.9 Å². The molecule has 1 aromatic heterocycles. The molecule has 0 radical (unpaired) electrons. The first-order chi connectivity index (χ1) is 17.4. The van der Waals surface area contributed by atoms with Gasteiger partial charge >= 0.3 is 5.97 Å². The lowest BCUT2D eigenvalue weighted by atomic mass is 10.1. The smallest absolute Gasteiger partial charge is 0.323 e. The van der Waals surface area contributed by atoms with E-state index in [0.29, 0.717) is 44.1 Å². The Hall–Kier alpha value is -2.39. The number of aryl methyl sites for hydroxylation is 2. The Labute approximate surface area is 221 Å². The Kier molecular flexibility index (Phi) is 10.8. The number of esters is 1. The summed E-state index contributed by atoms with van der Waals surface area (Å²) in [6.07, 6.45) is 0.965. The van der Waals surface area contributed by atoms with Crippen molar-refractivity contribution in [3.05, 3.63) is 59.7 Å². The number of fused-ring (bicyclic) bond motifs is 1. The van der Waals surface area contributed by atoms with Crippen molar-refractivity contribution in [2.45, 2.75) is 38.4 Å². The van der Waals surface area contributed by atoms with Crippen molar-refractivity contribution < 1.29 is 13.9 Å². The van der Waals surface area contributed by atoms with Crippen molar-refractivity contribution >= 4 is 45.9 Å². The van der Waals surface area contributed by atoms with E-state index in [4.69, 9.17) is 38.7 Å². The van der Waals surface area contributed by atoms with Gasteiger partial charge in [-0.05, 0) is 49.2 Å². The maximum absolute atomic E-state index is 13.2. The Morgan fingerprint density at radius 2 is 1.89 bits per heavy atom. The Morgan fingerprint density at radius 1 is 1.19 bits per heavy atom. The molecule has 2 aromatic carbocycles. The lowest BCUT2D eigenvalue weighted by molar-refractivity contribution is -0.146. The van der Waals surface area contributed by atoms with Crippen LogP contribution in [0.5, 0.6) is 0 Å². The molecular formula is C26H34Cl2FN5O2. The maximum Gasteiger partial charge on any atom is 0.323 e. The number of hydrogen-bond donors (Lipinski definition) is 2. The van der Waals surface area contributed by atoms with Crippen LogP contribution in [-0.2, 0) is 29.4 Å². The molecule has 1 heterocycles. The number of rotatable bonds is 14. The number of nitrogens with two attached hydrogens (primary N) is 1. The minimum absolute atomic E-state index is 0.278. The van der Waals surface area contributed by atoms with Gasteiger partial charge in [-0.25, -0.2) is 9.37 Å². The SMILES string of the molecule is CCOC(=O)[C@H](CCc1nc2cc(N(CCCl)CCCl)ccc2n1C)NC(N)Cc1ccc(F)cc1. The van der Waals surface area contributed by atoms with Crippen molar-refractivity contribution in [3.8, 4) is 0 Å². The number of halogens is 3. The minimum Gasteiger partial charge on any atom is -0.465 e. The zero-order valence-electron chi connectivity index (χ0n) is 20.7. The number of carbonyl (C=O) groups is 1. The highest BCUT2D eigenvalue weighted by Gasteiger charge is 2.23. The number of hydrogen-bond acceptors (Lipinski definition) is 6. The fourth-order valence-electron chi connectivity index (χ4n) is 4.21. The molecule has 3 aromatic rings. The third-order valence-corrected chi connectivity index (χ3v) is 6.38. The van der Waals surface area contributed by atoms with Crippen LogP contribution >= 0.6 is 23.2 Å². The highest BCUT2D eigenvalue weighted by molar-refractivity contribution is 6.18. The third kappa shape index (κ3) is 7.56. The van der Waals surface area contributed by atoms with Gasteiger partial charge in [0.25, 0.3) is 0 Å². The molecule has 0 aliphatic carbocycles. The number of anilines is 1. The fraction of sp³-hybridized carbons (Fsp3) is 0.462. The van der Waals surface area contributed by atoms with Crippen LogP contribution in [0.15, 0.2) is 42.5 Å². The van der Waals surface area contributed by atoms with Gasteiger partial charge in [-0.3, -0.25) is 10.1 Å². The van der Waals surface area contributed by atoms with E-state index in [1.165, 1.54) is 12.1 Å². The molecule has 0 saturated heterocycles. The van der Waals surface area contributed by atoms with Crippen LogP contribution < -0.4 is 16.0 Å². The number of ether oxygens (including phenoxy) is 1. The number of aromatic nitrogens is 2. The molecule has 2 atom stereocenters. The van der Waals surface area contributed by atoms with Crippen LogP contribution in [0.2, 0.25) is 0 Å². The van der Waals surface area contributed by atoms with E-state index in [2.05, 4.69) is 10.2 Å². The summed E-state index contributed by atoms with van der Waals surface area (Å²) >= 11 is 11.9. The van der Waals surface area contributed by atoms with E-state index in [9.17, 15) is 9.18 Å². The van der Waals surface area contributed by atoms with Gasteiger partial charge in [0.2, 0.25) is 0 Å². The molecule has 7 nitrogen and oxygen atoms in total. The first-order valence-electron chi connectivity index (χ1n) is 12.1. The highest BCUT2D eigenvalue weighted by Crippen LogP contribution is 2.23. The van der Waals surface area contributed by atoms with Crippen LogP contribution in [0.4, 0.5) is 10.1 Å². The third-order valence-electron chi connectivity index (χ3n) is 6.04. The first kappa shape index (κ1) is 28.2. The average Bonchev–Trinajstić information content (AvgIpc) is 3.17. The quantitative estimate of drug-likeness (QED) is 0.184. The monoisotopic (exact) mass is 537 g/mol. The summed E-state index contributed by atoms with van der Waals surface area (Å²) in [5, 5.41) is 3.18. The Balaban J connectivity index is 1.72. The van der Waals surface area contributed by atoms with Gasteiger partial charge in [0.1, 0.15) is 17.7 Å². The topological polar surface area (TPSA) is 85.4 Å². The normalized spacial score (nSPS) is 13.1. The van der Waals surface area contributed by atoms with Crippen molar-refractivity contribution in [1.82, 2.24) is 14.9 Å².